The van der Waals surface area contributed by atoms with Gasteiger partial charge in [0, 0.05) is 15.4 Å². The number of rotatable bonds is 10. The Morgan fingerprint density at radius 2 is 1.76 bits per heavy atom. The van der Waals surface area contributed by atoms with Gasteiger partial charge in [-0.25, -0.2) is 4.79 Å². The van der Waals surface area contributed by atoms with E-state index in [1.807, 2.05) is 54.8 Å². The highest BCUT2D eigenvalue weighted by Crippen LogP contribution is 2.37. The summed E-state index contributed by atoms with van der Waals surface area (Å²) in [5.74, 6) is 0.792. The van der Waals surface area contributed by atoms with Crippen molar-refractivity contribution in [1.29, 1.82) is 0 Å². The molecular weight excluding hydrogens is 518 g/mol. The minimum absolute atomic E-state index is 0.181. The maximum atomic E-state index is 12.8. The van der Waals surface area contributed by atoms with Gasteiger partial charge in [0.25, 0.3) is 5.91 Å². The molecule has 0 atom stereocenters. The van der Waals surface area contributed by atoms with Crippen molar-refractivity contribution in [2.24, 2.45) is 0 Å². The summed E-state index contributed by atoms with van der Waals surface area (Å²) in [4.78, 5) is 25.5. The van der Waals surface area contributed by atoms with Crippen LogP contribution in [-0.4, -0.2) is 31.7 Å². The predicted molar refractivity (Wildman–Crippen MR) is 139 cm³/mol. The van der Waals surface area contributed by atoms with E-state index in [0.717, 1.165) is 21.3 Å². The van der Waals surface area contributed by atoms with Gasteiger partial charge in [-0.2, -0.15) is 0 Å². The smallest absolute Gasteiger partial charge is 0.341 e. The lowest BCUT2D eigenvalue weighted by Gasteiger charge is -2.14. The van der Waals surface area contributed by atoms with Crippen molar-refractivity contribution < 1.29 is 23.8 Å². The molecule has 3 rings (SSSR count). The van der Waals surface area contributed by atoms with Crippen LogP contribution in [0.25, 0.3) is 11.1 Å². The molecule has 1 amide bonds. The van der Waals surface area contributed by atoms with Crippen molar-refractivity contribution in [2.45, 2.75) is 33.6 Å². The van der Waals surface area contributed by atoms with Crippen LogP contribution in [0.15, 0.2) is 52.3 Å². The van der Waals surface area contributed by atoms with Gasteiger partial charge < -0.3 is 19.5 Å². The maximum absolute atomic E-state index is 12.8. The van der Waals surface area contributed by atoms with E-state index in [1.54, 1.807) is 6.92 Å². The third kappa shape index (κ3) is 6.39. The van der Waals surface area contributed by atoms with Crippen LogP contribution in [-0.2, 0) is 9.53 Å². The number of carbonyl (C=O) groups is 2. The Bertz CT molecular complexity index is 1140. The molecule has 0 aliphatic heterocycles. The van der Waals surface area contributed by atoms with Crippen LogP contribution in [0.4, 0.5) is 5.00 Å². The first-order chi connectivity index (χ1) is 16.3. The van der Waals surface area contributed by atoms with Gasteiger partial charge in [0.15, 0.2) is 6.61 Å². The van der Waals surface area contributed by atoms with Gasteiger partial charge in [-0.1, -0.05) is 41.9 Å². The first kappa shape index (κ1) is 25.8. The van der Waals surface area contributed by atoms with Crippen LogP contribution in [0.3, 0.4) is 0 Å². The van der Waals surface area contributed by atoms with E-state index in [2.05, 4.69) is 35.1 Å². The highest BCUT2D eigenvalue weighted by atomic mass is 79.9. The fraction of sp³-hybridized carbons (Fsp3) is 0.308. The third-order valence-corrected chi connectivity index (χ3v) is 6.34. The molecule has 3 aromatic rings. The van der Waals surface area contributed by atoms with E-state index in [1.165, 1.54) is 11.3 Å². The molecule has 0 fully saturated rings. The van der Waals surface area contributed by atoms with Crippen molar-refractivity contribution in [3.8, 4) is 22.6 Å². The van der Waals surface area contributed by atoms with E-state index in [-0.39, 0.29) is 25.0 Å². The molecule has 34 heavy (non-hydrogen) atoms. The summed E-state index contributed by atoms with van der Waals surface area (Å²) in [6, 6.07) is 13.2. The lowest BCUT2D eigenvalue weighted by atomic mass is 10.0. The summed E-state index contributed by atoms with van der Waals surface area (Å²) in [6.45, 7) is 8.42. The molecule has 0 radical (unpaired) electrons. The van der Waals surface area contributed by atoms with Crippen LogP contribution in [0, 0.1) is 0 Å². The average molecular weight is 546 g/mol. The monoisotopic (exact) mass is 545 g/mol. The zero-order chi connectivity index (χ0) is 24.7. The Kier molecular flexibility index (Phi) is 9.12. The number of anilines is 1. The number of thiophene rings is 1. The number of benzene rings is 2. The molecule has 0 unspecified atom stereocenters. The fourth-order valence-corrected chi connectivity index (χ4v) is 4.73. The van der Waals surface area contributed by atoms with Crippen molar-refractivity contribution in [1.82, 2.24) is 0 Å². The Morgan fingerprint density at radius 3 is 2.41 bits per heavy atom. The fourth-order valence-electron chi connectivity index (χ4n) is 3.37. The highest BCUT2D eigenvalue weighted by Gasteiger charge is 2.23. The van der Waals surface area contributed by atoms with Crippen molar-refractivity contribution in [2.75, 3.05) is 25.1 Å². The maximum Gasteiger partial charge on any atom is 0.341 e. The van der Waals surface area contributed by atoms with E-state index < -0.39 is 5.97 Å². The summed E-state index contributed by atoms with van der Waals surface area (Å²) in [7, 11) is 0. The quantitative estimate of drug-likeness (QED) is 0.280. The number of hydrogen-bond acceptors (Lipinski definition) is 6. The molecule has 6 nitrogen and oxygen atoms in total. The molecule has 180 valence electrons. The Balaban J connectivity index is 1.80. The van der Waals surface area contributed by atoms with Crippen LogP contribution >= 0.6 is 27.3 Å². The second-order valence-electron chi connectivity index (χ2n) is 7.71. The van der Waals surface area contributed by atoms with Gasteiger partial charge in [-0.05, 0) is 61.2 Å². The van der Waals surface area contributed by atoms with Crippen molar-refractivity contribution in [3.05, 3.63) is 63.4 Å². The topological polar surface area (TPSA) is 73.9 Å². The second kappa shape index (κ2) is 12.0. The summed E-state index contributed by atoms with van der Waals surface area (Å²) >= 11 is 4.75. The summed E-state index contributed by atoms with van der Waals surface area (Å²) in [6.07, 6.45) is 0. The van der Waals surface area contributed by atoms with E-state index in [0.29, 0.717) is 28.5 Å². The van der Waals surface area contributed by atoms with Gasteiger partial charge in [-0.15, -0.1) is 11.3 Å². The number of halogens is 1. The molecule has 1 heterocycles. The SMILES string of the molecule is CCOC(=O)c1c(-c2ccc(OCC)cc2)csc1NC(=O)COc1ccc(Br)cc1C(C)C. The van der Waals surface area contributed by atoms with Gasteiger partial charge in [0.2, 0.25) is 0 Å². The molecule has 0 saturated carbocycles. The molecule has 1 aromatic heterocycles. The lowest BCUT2D eigenvalue weighted by Crippen LogP contribution is -2.21. The molecule has 0 bridgehead atoms. The molecule has 0 saturated heterocycles. The largest absolute Gasteiger partial charge is 0.494 e. The third-order valence-electron chi connectivity index (χ3n) is 4.95. The lowest BCUT2D eigenvalue weighted by molar-refractivity contribution is -0.118. The van der Waals surface area contributed by atoms with E-state index in [9.17, 15) is 9.59 Å². The van der Waals surface area contributed by atoms with Crippen LogP contribution in [0.2, 0.25) is 0 Å². The normalized spacial score (nSPS) is 10.8. The average Bonchev–Trinajstić information content (AvgIpc) is 3.22. The molecule has 0 aliphatic rings. The first-order valence-electron chi connectivity index (χ1n) is 11.1. The van der Waals surface area contributed by atoms with E-state index in [4.69, 9.17) is 14.2 Å². The molecule has 8 heteroatoms. The predicted octanol–water partition coefficient (Wildman–Crippen LogP) is 6.89. The summed E-state index contributed by atoms with van der Waals surface area (Å²) in [5, 5.41) is 5.09. The molecular formula is C26H28BrNO5S. The molecule has 1 N–H and O–H groups in total. The van der Waals surface area contributed by atoms with Crippen molar-refractivity contribution in [3.63, 3.8) is 0 Å². The van der Waals surface area contributed by atoms with Gasteiger partial charge >= 0.3 is 5.97 Å². The number of nitrogens with one attached hydrogen (secondary N) is 1. The number of ether oxygens (including phenoxy) is 3. The summed E-state index contributed by atoms with van der Waals surface area (Å²) < 4.78 is 17.5. The van der Waals surface area contributed by atoms with Crippen LogP contribution < -0.4 is 14.8 Å². The number of esters is 1. The standard InChI is InChI=1S/C26H28BrNO5S/c1-5-31-19-10-7-17(8-11-19)21-15-34-25(24(21)26(30)32-6-2)28-23(29)14-33-22-12-9-18(27)13-20(22)16(3)4/h7-13,15-16H,5-6,14H2,1-4H3,(H,28,29). The van der Waals surface area contributed by atoms with Gasteiger partial charge in [0.05, 0.1) is 13.2 Å². The summed E-state index contributed by atoms with van der Waals surface area (Å²) in [5.41, 5.74) is 2.85. The Morgan fingerprint density at radius 1 is 1.03 bits per heavy atom. The van der Waals surface area contributed by atoms with E-state index >= 15 is 0 Å². The minimum atomic E-state index is -0.487. The minimum Gasteiger partial charge on any atom is -0.494 e. The zero-order valence-corrected chi connectivity index (χ0v) is 22.0. The van der Waals surface area contributed by atoms with Crippen LogP contribution in [0.1, 0.15) is 49.5 Å². The van der Waals surface area contributed by atoms with Gasteiger partial charge in [-0.3, -0.25) is 4.79 Å². The second-order valence-corrected chi connectivity index (χ2v) is 9.50. The highest BCUT2D eigenvalue weighted by molar-refractivity contribution is 9.10. The Labute approximate surface area is 212 Å². The number of hydrogen-bond donors (Lipinski definition) is 1. The molecule has 0 aliphatic carbocycles. The Hall–Kier alpha value is -2.84. The first-order valence-corrected chi connectivity index (χ1v) is 12.7. The number of amides is 1. The number of carbonyl (C=O) groups excluding carboxylic acids is 2. The van der Waals surface area contributed by atoms with Crippen LogP contribution in [0.5, 0.6) is 11.5 Å². The van der Waals surface area contributed by atoms with Crippen molar-refractivity contribution >= 4 is 44.1 Å². The molecule has 2 aromatic carbocycles. The zero-order valence-electron chi connectivity index (χ0n) is 19.6. The van der Waals surface area contributed by atoms with Gasteiger partial charge in [0.1, 0.15) is 22.1 Å². The molecule has 0 spiro atoms.